The van der Waals surface area contributed by atoms with Crippen LogP contribution in [0.5, 0.6) is 17.2 Å². The van der Waals surface area contributed by atoms with Gasteiger partial charge in [0.15, 0.2) is 11.5 Å². The number of ether oxygens (including phenoxy) is 3. The van der Waals surface area contributed by atoms with Crippen molar-refractivity contribution in [2.45, 2.75) is 44.4 Å². The number of aromatic nitrogens is 2. The van der Waals surface area contributed by atoms with Crippen LogP contribution in [0.3, 0.4) is 0 Å². The van der Waals surface area contributed by atoms with Crippen LogP contribution >= 0.6 is 0 Å². The van der Waals surface area contributed by atoms with Crippen LogP contribution < -0.4 is 14.2 Å². The van der Waals surface area contributed by atoms with Crippen LogP contribution in [0.2, 0.25) is 0 Å². The van der Waals surface area contributed by atoms with Gasteiger partial charge in [-0.15, -0.1) is 0 Å². The molecule has 2 atom stereocenters. The van der Waals surface area contributed by atoms with Crippen molar-refractivity contribution in [1.29, 1.82) is 0 Å². The second-order valence-electron chi connectivity index (χ2n) is 9.18. The molecule has 3 aromatic rings. The fraction of sp³-hybridized carbons (Fsp3) is 0.375. The Kier molecular flexibility index (Phi) is 3.25. The van der Waals surface area contributed by atoms with Crippen molar-refractivity contribution in [2.24, 2.45) is 5.41 Å². The summed E-state index contributed by atoms with van der Waals surface area (Å²) in [6, 6.07) is 13.0. The number of hydrogen-bond donors (Lipinski definition) is 0. The molecule has 30 heavy (non-hydrogen) atoms. The summed E-state index contributed by atoms with van der Waals surface area (Å²) in [4.78, 5) is 23.7. The lowest BCUT2D eigenvalue weighted by Gasteiger charge is -2.38. The van der Waals surface area contributed by atoms with E-state index in [4.69, 9.17) is 24.2 Å². The van der Waals surface area contributed by atoms with Gasteiger partial charge in [-0.25, -0.2) is 9.97 Å². The molecule has 2 heterocycles. The second kappa shape index (κ2) is 5.50. The quantitative estimate of drug-likeness (QED) is 0.470. The van der Waals surface area contributed by atoms with Crippen LogP contribution in [0.15, 0.2) is 42.5 Å². The maximum atomic E-state index is 13.7. The number of nitrogens with zero attached hydrogens (tertiary/aromatic N) is 2. The molecule has 0 radical (unpaired) electrons. The first kappa shape index (κ1) is 17.7. The summed E-state index contributed by atoms with van der Waals surface area (Å²) in [6.45, 7) is 6.69. The number of hydrogen-bond acceptors (Lipinski definition) is 6. The molecule has 2 aliphatic carbocycles. The summed E-state index contributed by atoms with van der Waals surface area (Å²) in [6.07, 6.45) is 1.56. The lowest BCUT2D eigenvalue weighted by Crippen LogP contribution is -2.48. The summed E-state index contributed by atoms with van der Waals surface area (Å²) in [5.41, 5.74) is 1.61. The molecular formula is C24H22N2O4. The van der Waals surface area contributed by atoms with E-state index < -0.39 is 5.41 Å². The summed E-state index contributed by atoms with van der Waals surface area (Å²) in [7, 11) is 0. The van der Waals surface area contributed by atoms with Crippen LogP contribution in [0.4, 0.5) is 0 Å². The molecular weight excluding hydrogens is 380 g/mol. The number of carbonyl (C=O) groups excluding carboxylic acids is 1. The highest BCUT2D eigenvalue weighted by molar-refractivity contribution is 5.91. The van der Waals surface area contributed by atoms with E-state index in [0.29, 0.717) is 29.2 Å². The fourth-order valence-electron chi connectivity index (χ4n) is 5.63. The van der Waals surface area contributed by atoms with Crippen molar-refractivity contribution in [3.05, 3.63) is 53.9 Å². The Morgan fingerprint density at radius 2 is 1.57 bits per heavy atom. The zero-order valence-electron chi connectivity index (χ0n) is 17.2. The molecule has 1 fully saturated rings. The lowest BCUT2D eigenvalue weighted by molar-refractivity contribution is -0.145. The van der Waals surface area contributed by atoms with Crippen LogP contribution in [0, 0.1) is 5.41 Å². The van der Waals surface area contributed by atoms with Crippen molar-refractivity contribution in [2.75, 3.05) is 6.79 Å². The van der Waals surface area contributed by atoms with E-state index in [0.717, 1.165) is 23.3 Å². The van der Waals surface area contributed by atoms with Crippen molar-refractivity contribution in [3.63, 3.8) is 0 Å². The summed E-state index contributed by atoms with van der Waals surface area (Å²) >= 11 is 0. The normalized spacial score (nSPS) is 27.3. The predicted molar refractivity (Wildman–Crippen MR) is 110 cm³/mol. The van der Waals surface area contributed by atoms with Crippen molar-refractivity contribution < 1.29 is 19.0 Å². The molecule has 2 bridgehead atoms. The standard InChI is InChI=1S/C24H22N2O4/c1-22(2)23(3)9-10-24(22,21(27)30-14-7-5-4-6-8-14)20-19(23)25-15-11-17-18(29-13-28-17)12-16(15)26-20/h4-8,11-12H,9-10,13H2,1-3H3. The minimum absolute atomic E-state index is 0.198. The first-order chi connectivity index (χ1) is 14.4. The van der Waals surface area contributed by atoms with Gasteiger partial charge in [0, 0.05) is 17.5 Å². The number of para-hydroxylation sites is 1. The van der Waals surface area contributed by atoms with Gasteiger partial charge in [-0.2, -0.15) is 0 Å². The van der Waals surface area contributed by atoms with Gasteiger partial charge < -0.3 is 14.2 Å². The van der Waals surface area contributed by atoms with Crippen molar-refractivity contribution in [3.8, 4) is 17.2 Å². The Morgan fingerprint density at radius 3 is 2.23 bits per heavy atom. The summed E-state index contributed by atoms with van der Waals surface area (Å²) in [5.74, 6) is 1.64. The van der Waals surface area contributed by atoms with Gasteiger partial charge in [0.1, 0.15) is 11.2 Å². The minimum Gasteiger partial charge on any atom is -0.454 e. The monoisotopic (exact) mass is 402 g/mol. The van der Waals surface area contributed by atoms with Crippen LogP contribution in [-0.2, 0) is 15.6 Å². The fourth-order valence-corrected chi connectivity index (χ4v) is 5.63. The van der Waals surface area contributed by atoms with E-state index in [1.54, 1.807) is 12.1 Å². The smallest absolute Gasteiger partial charge is 0.324 e. The van der Waals surface area contributed by atoms with Gasteiger partial charge >= 0.3 is 5.97 Å². The third-order valence-electron chi connectivity index (χ3n) is 7.83. The average Bonchev–Trinajstić information content (AvgIpc) is 3.30. The maximum Gasteiger partial charge on any atom is 0.324 e. The number of fused-ring (bicyclic) bond motifs is 7. The Balaban J connectivity index is 1.56. The van der Waals surface area contributed by atoms with Crippen molar-refractivity contribution >= 4 is 17.0 Å². The van der Waals surface area contributed by atoms with Gasteiger partial charge in [-0.3, -0.25) is 4.79 Å². The first-order valence-electron chi connectivity index (χ1n) is 10.3. The Morgan fingerprint density at radius 1 is 0.933 bits per heavy atom. The molecule has 1 aromatic heterocycles. The highest BCUT2D eigenvalue weighted by Gasteiger charge is 2.74. The summed E-state index contributed by atoms with van der Waals surface area (Å²) in [5, 5.41) is 0. The number of benzene rings is 2. The molecule has 0 spiro atoms. The molecule has 6 heteroatoms. The molecule has 1 saturated carbocycles. The molecule has 6 rings (SSSR count). The lowest BCUT2D eigenvalue weighted by atomic mass is 9.64. The molecule has 0 saturated heterocycles. The molecule has 0 N–H and O–H groups in total. The SMILES string of the molecule is CC12CCC(C(=O)Oc3ccccc3)(c3nc4cc5c(cc4nc31)OCO5)C2(C)C. The Hall–Kier alpha value is -3.15. The van der Waals surface area contributed by atoms with E-state index in [-0.39, 0.29) is 23.6 Å². The zero-order chi connectivity index (χ0) is 20.7. The molecule has 2 aromatic carbocycles. The number of carbonyl (C=O) groups is 1. The Labute approximate surface area is 174 Å². The van der Waals surface area contributed by atoms with Crippen molar-refractivity contribution in [1.82, 2.24) is 9.97 Å². The van der Waals surface area contributed by atoms with Gasteiger partial charge in [0.05, 0.1) is 22.4 Å². The van der Waals surface area contributed by atoms with E-state index in [9.17, 15) is 4.79 Å². The molecule has 2 unspecified atom stereocenters. The topological polar surface area (TPSA) is 70.5 Å². The molecule has 1 aliphatic heterocycles. The number of esters is 1. The van der Waals surface area contributed by atoms with Gasteiger partial charge in [0.25, 0.3) is 0 Å². The van der Waals surface area contributed by atoms with Crippen LogP contribution in [0.25, 0.3) is 11.0 Å². The molecule has 0 amide bonds. The van der Waals surface area contributed by atoms with E-state index in [2.05, 4.69) is 20.8 Å². The van der Waals surface area contributed by atoms with Gasteiger partial charge in [0.2, 0.25) is 6.79 Å². The third-order valence-corrected chi connectivity index (χ3v) is 7.83. The van der Waals surface area contributed by atoms with E-state index >= 15 is 0 Å². The average molecular weight is 402 g/mol. The Bertz CT molecular complexity index is 1220. The largest absolute Gasteiger partial charge is 0.454 e. The van der Waals surface area contributed by atoms with E-state index in [1.165, 1.54) is 0 Å². The zero-order valence-corrected chi connectivity index (χ0v) is 17.2. The molecule has 152 valence electrons. The van der Waals surface area contributed by atoms with E-state index in [1.807, 2.05) is 30.3 Å². The van der Waals surface area contributed by atoms with Crippen LogP contribution in [-0.4, -0.2) is 22.7 Å². The van der Waals surface area contributed by atoms with Gasteiger partial charge in [-0.1, -0.05) is 39.0 Å². The van der Waals surface area contributed by atoms with Crippen LogP contribution in [0.1, 0.15) is 45.0 Å². The maximum absolute atomic E-state index is 13.7. The highest BCUT2D eigenvalue weighted by atomic mass is 16.7. The second-order valence-corrected chi connectivity index (χ2v) is 9.18. The minimum atomic E-state index is -0.843. The number of rotatable bonds is 2. The predicted octanol–water partition coefficient (Wildman–Crippen LogP) is 4.29. The molecule has 3 aliphatic rings. The first-order valence-corrected chi connectivity index (χ1v) is 10.3. The highest BCUT2D eigenvalue weighted by Crippen LogP contribution is 2.70. The summed E-state index contributed by atoms with van der Waals surface area (Å²) < 4.78 is 16.9. The van der Waals surface area contributed by atoms with Gasteiger partial charge in [-0.05, 0) is 30.4 Å². The third kappa shape index (κ3) is 1.92. The molecule has 6 nitrogen and oxygen atoms in total.